The van der Waals surface area contributed by atoms with E-state index in [1.165, 1.54) is 6.08 Å². The first kappa shape index (κ1) is 13.9. The number of hydrogen-bond acceptors (Lipinski definition) is 2. The molecule has 4 nitrogen and oxygen atoms in total. The van der Waals surface area contributed by atoms with Crippen LogP contribution < -0.4 is 0 Å². The van der Waals surface area contributed by atoms with E-state index in [0.29, 0.717) is 17.3 Å². The monoisotopic (exact) mass is 300 g/mol. The Hall–Kier alpha value is -3.02. The Morgan fingerprint density at radius 3 is 2.64 bits per heavy atom. The van der Waals surface area contributed by atoms with Gasteiger partial charge in [0, 0.05) is 29.4 Å². The highest BCUT2D eigenvalue weighted by atomic mass is 19.1. The van der Waals surface area contributed by atoms with E-state index in [1.54, 1.807) is 24.5 Å². The Morgan fingerprint density at radius 1 is 1.23 bits per heavy atom. The molecule has 0 unspecified atom stereocenters. The number of aromatic nitrogens is 2. The number of carboxylic acids is 1. The van der Waals surface area contributed by atoms with Crippen molar-refractivity contribution in [3.05, 3.63) is 65.5 Å². The molecule has 2 N–H and O–H groups in total. The molecule has 3 rings (SSSR count). The minimum Gasteiger partial charge on any atom is -0.478 e. The van der Waals surface area contributed by atoms with Crippen molar-refractivity contribution < 1.29 is 18.7 Å². The lowest BCUT2D eigenvalue weighted by Crippen LogP contribution is -2.00. The number of nitrogens with one attached hydrogen (secondary N) is 1. The predicted octanol–water partition coefficient (Wildman–Crippen LogP) is 3.47. The summed E-state index contributed by atoms with van der Waals surface area (Å²) < 4.78 is 26.6. The van der Waals surface area contributed by atoms with Crippen molar-refractivity contribution in [3.63, 3.8) is 0 Å². The number of fused-ring (bicyclic) bond motifs is 1. The van der Waals surface area contributed by atoms with Gasteiger partial charge in [0.1, 0.15) is 17.3 Å². The fourth-order valence-corrected chi connectivity index (χ4v) is 2.23. The Labute approximate surface area is 123 Å². The van der Waals surface area contributed by atoms with Crippen LogP contribution in [-0.2, 0) is 4.79 Å². The van der Waals surface area contributed by atoms with Gasteiger partial charge in [-0.25, -0.2) is 18.6 Å². The van der Waals surface area contributed by atoms with Crippen molar-refractivity contribution in [2.45, 2.75) is 0 Å². The third kappa shape index (κ3) is 2.58. The normalized spacial score (nSPS) is 11.8. The number of pyridine rings is 1. The molecule has 0 fully saturated rings. The molecule has 2 heterocycles. The Bertz CT molecular complexity index is 880. The second-order valence-corrected chi connectivity index (χ2v) is 4.66. The van der Waals surface area contributed by atoms with Crippen LogP contribution in [0.3, 0.4) is 0 Å². The Kier molecular flexibility index (Phi) is 3.42. The smallest absolute Gasteiger partial charge is 0.336 e. The molecule has 22 heavy (non-hydrogen) atoms. The van der Waals surface area contributed by atoms with Crippen molar-refractivity contribution >= 4 is 28.7 Å². The lowest BCUT2D eigenvalue weighted by Gasteiger charge is -2.04. The zero-order chi connectivity index (χ0) is 15.7. The summed E-state index contributed by atoms with van der Waals surface area (Å²) in [6, 6.07) is 6.15. The SMILES string of the molecule is O=C(O)C(=Cc1c[nH]c2ncccc12)c1cc(F)cc(F)c1. The molecule has 110 valence electrons. The number of H-pyrrole nitrogens is 1. The van der Waals surface area contributed by atoms with Crippen LogP contribution in [0, 0.1) is 11.6 Å². The number of aliphatic carboxylic acids is 1. The standard InChI is InChI=1S/C16H10F2N2O2/c17-11-4-9(5-12(18)7-11)14(16(21)22)6-10-8-20-15-13(10)2-1-3-19-15/h1-8H,(H,19,20)(H,21,22). The topological polar surface area (TPSA) is 66.0 Å². The minimum absolute atomic E-state index is 0.0387. The lowest BCUT2D eigenvalue weighted by atomic mass is 10.0. The summed E-state index contributed by atoms with van der Waals surface area (Å²) in [5.41, 5.74) is 0.931. The number of rotatable bonds is 3. The van der Waals surface area contributed by atoms with Gasteiger partial charge in [-0.3, -0.25) is 0 Å². The van der Waals surface area contributed by atoms with Crippen LogP contribution >= 0.6 is 0 Å². The van der Waals surface area contributed by atoms with Gasteiger partial charge < -0.3 is 10.1 Å². The minimum atomic E-state index is -1.27. The van der Waals surface area contributed by atoms with E-state index in [4.69, 9.17) is 0 Å². The summed E-state index contributed by atoms with van der Waals surface area (Å²) >= 11 is 0. The number of halogens is 2. The largest absolute Gasteiger partial charge is 0.478 e. The molecule has 1 aromatic carbocycles. The lowest BCUT2D eigenvalue weighted by molar-refractivity contribution is -0.130. The van der Waals surface area contributed by atoms with E-state index >= 15 is 0 Å². The van der Waals surface area contributed by atoms with Crippen molar-refractivity contribution in [1.82, 2.24) is 9.97 Å². The Balaban J connectivity index is 2.17. The van der Waals surface area contributed by atoms with E-state index < -0.39 is 17.6 Å². The van der Waals surface area contributed by atoms with Gasteiger partial charge in [-0.1, -0.05) is 0 Å². The molecule has 0 aliphatic heterocycles. The molecule has 0 saturated carbocycles. The highest BCUT2D eigenvalue weighted by Crippen LogP contribution is 2.24. The number of nitrogens with zero attached hydrogens (tertiary/aromatic N) is 1. The van der Waals surface area contributed by atoms with Gasteiger partial charge >= 0.3 is 5.97 Å². The van der Waals surface area contributed by atoms with Crippen LogP contribution in [0.5, 0.6) is 0 Å². The second kappa shape index (κ2) is 5.40. The van der Waals surface area contributed by atoms with Crippen LogP contribution in [0.1, 0.15) is 11.1 Å². The van der Waals surface area contributed by atoms with Crippen LogP contribution in [0.4, 0.5) is 8.78 Å². The molecule has 0 atom stereocenters. The average molecular weight is 300 g/mol. The summed E-state index contributed by atoms with van der Waals surface area (Å²) in [6.45, 7) is 0. The molecule has 2 aromatic heterocycles. The van der Waals surface area contributed by atoms with E-state index in [2.05, 4.69) is 9.97 Å². The number of carboxylic acid groups (broad SMARTS) is 1. The van der Waals surface area contributed by atoms with Gasteiger partial charge in [0.15, 0.2) is 0 Å². The molecule has 0 spiro atoms. The summed E-state index contributed by atoms with van der Waals surface area (Å²) in [5, 5.41) is 10.1. The summed E-state index contributed by atoms with van der Waals surface area (Å²) in [5.74, 6) is -2.94. The summed E-state index contributed by atoms with van der Waals surface area (Å²) in [6.07, 6.45) is 4.56. The highest BCUT2D eigenvalue weighted by Gasteiger charge is 2.14. The summed E-state index contributed by atoms with van der Waals surface area (Å²) in [4.78, 5) is 18.5. The van der Waals surface area contributed by atoms with Gasteiger partial charge in [0.2, 0.25) is 0 Å². The third-order valence-electron chi connectivity index (χ3n) is 3.19. The Morgan fingerprint density at radius 2 is 1.95 bits per heavy atom. The van der Waals surface area contributed by atoms with Gasteiger partial charge in [-0.2, -0.15) is 0 Å². The van der Waals surface area contributed by atoms with Crippen LogP contribution in [-0.4, -0.2) is 21.0 Å². The third-order valence-corrected chi connectivity index (χ3v) is 3.19. The zero-order valence-electron chi connectivity index (χ0n) is 11.2. The van der Waals surface area contributed by atoms with Crippen LogP contribution in [0.2, 0.25) is 0 Å². The molecule has 0 bridgehead atoms. The van der Waals surface area contributed by atoms with Gasteiger partial charge in [0.25, 0.3) is 0 Å². The molecule has 0 radical (unpaired) electrons. The maximum atomic E-state index is 13.3. The molecule has 0 aliphatic carbocycles. The van der Waals surface area contributed by atoms with E-state index in [9.17, 15) is 18.7 Å². The predicted molar refractivity (Wildman–Crippen MR) is 78.0 cm³/mol. The zero-order valence-corrected chi connectivity index (χ0v) is 11.2. The second-order valence-electron chi connectivity index (χ2n) is 4.66. The average Bonchev–Trinajstić information content (AvgIpc) is 2.86. The molecule has 6 heteroatoms. The molecule has 0 amide bonds. The maximum Gasteiger partial charge on any atom is 0.336 e. The molecule has 0 aliphatic rings. The highest BCUT2D eigenvalue weighted by molar-refractivity contribution is 6.21. The fraction of sp³-hybridized carbons (Fsp3) is 0. The van der Waals surface area contributed by atoms with Crippen molar-refractivity contribution in [2.75, 3.05) is 0 Å². The van der Waals surface area contributed by atoms with Gasteiger partial charge in [0.05, 0.1) is 5.57 Å². The first-order valence-corrected chi connectivity index (χ1v) is 6.38. The first-order chi connectivity index (χ1) is 10.5. The van der Waals surface area contributed by atoms with Crippen LogP contribution in [0.25, 0.3) is 22.7 Å². The van der Waals surface area contributed by atoms with Crippen molar-refractivity contribution in [1.29, 1.82) is 0 Å². The molecule has 3 aromatic rings. The van der Waals surface area contributed by atoms with E-state index in [1.807, 2.05) is 0 Å². The van der Waals surface area contributed by atoms with Crippen molar-refractivity contribution in [2.24, 2.45) is 0 Å². The van der Waals surface area contributed by atoms with Crippen molar-refractivity contribution in [3.8, 4) is 0 Å². The van der Waals surface area contributed by atoms with Gasteiger partial charge in [-0.15, -0.1) is 0 Å². The molecule has 0 saturated heterocycles. The fourth-order valence-electron chi connectivity index (χ4n) is 2.23. The van der Waals surface area contributed by atoms with Gasteiger partial charge in [-0.05, 0) is 35.9 Å². The molecular formula is C16H10F2N2O2. The van der Waals surface area contributed by atoms with E-state index in [-0.39, 0.29) is 11.1 Å². The number of carbonyl (C=O) groups is 1. The quantitative estimate of drug-likeness (QED) is 0.728. The van der Waals surface area contributed by atoms with E-state index in [0.717, 1.165) is 17.5 Å². The molecular weight excluding hydrogens is 290 g/mol. The number of benzene rings is 1. The number of hydrogen-bond donors (Lipinski definition) is 2. The van der Waals surface area contributed by atoms with Crippen LogP contribution in [0.15, 0.2) is 42.7 Å². The number of aromatic amines is 1. The maximum absolute atomic E-state index is 13.3. The summed E-state index contributed by atoms with van der Waals surface area (Å²) in [7, 11) is 0. The first-order valence-electron chi connectivity index (χ1n) is 6.38.